The first-order chi connectivity index (χ1) is 9.74. The zero-order chi connectivity index (χ0) is 13.9. The number of nitrogens with zero attached hydrogens (tertiary/aromatic N) is 2. The lowest BCUT2D eigenvalue weighted by atomic mass is 10.3. The average Bonchev–Trinajstić information content (AvgIpc) is 2.76. The predicted octanol–water partition coefficient (Wildman–Crippen LogP) is 2.90. The molecule has 0 saturated heterocycles. The molecule has 1 aromatic heterocycles. The van der Waals surface area contributed by atoms with Crippen LogP contribution < -0.4 is 4.74 Å². The van der Waals surface area contributed by atoms with Gasteiger partial charge in [0.2, 0.25) is 0 Å². The molecule has 0 radical (unpaired) electrons. The fourth-order valence-corrected chi connectivity index (χ4v) is 2.24. The summed E-state index contributed by atoms with van der Waals surface area (Å²) < 4.78 is 7.71. The maximum absolute atomic E-state index is 9.48. The van der Waals surface area contributed by atoms with Gasteiger partial charge in [-0.3, -0.25) is 0 Å². The molecule has 0 atom stereocenters. The van der Waals surface area contributed by atoms with Gasteiger partial charge in [0, 0.05) is 19.5 Å². The van der Waals surface area contributed by atoms with Crippen molar-refractivity contribution in [3.8, 4) is 11.5 Å². The van der Waals surface area contributed by atoms with E-state index in [4.69, 9.17) is 4.74 Å². The number of hydrogen-bond acceptors (Lipinski definition) is 3. The quantitative estimate of drug-likeness (QED) is 0.791. The normalized spacial score (nSPS) is 10.8. The Morgan fingerprint density at radius 1 is 1.15 bits per heavy atom. The summed E-state index contributed by atoms with van der Waals surface area (Å²) in [7, 11) is 1.98. The van der Waals surface area contributed by atoms with Crippen molar-refractivity contribution in [1.82, 2.24) is 9.55 Å². The van der Waals surface area contributed by atoms with Crippen LogP contribution in [0.2, 0.25) is 0 Å². The first kappa shape index (κ1) is 12.5. The highest BCUT2D eigenvalue weighted by Gasteiger charge is 2.08. The minimum Gasteiger partial charge on any atom is -0.508 e. The van der Waals surface area contributed by atoms with Crippen molar-refractivity contribution in [2.45, 2.75) is 6.42 Å². The van der Waals surface area contributed by atoms with Crippen LogP contribution in [-0.4, -0.2) is 21.3 Å². The third kappa shape index (κ3) is 2.45. The summed E-state index contributed by atoms with van der Waals surface area (Å²) in [5, 5.41) is 9.48. The topological polar surface area (TPSA) is 47.3 Å². The number of phenolic OH excluding ortho intramolecular Hbond substituents is 1. The number of aryl methyl sites for hydroxylation is 1. The van der Waals surface area contributed by atoms with Crippen LogP contribution in [0.15, 0.2) is 48.5 Å². The first-order valence-corrected chi connectivity index (χ1v) is 6.56. The number of benzene rings is 2. The summed E-state index contributed by atoms with van der Waals surface area (Å²) in [4.78, 5) is 4.53. The van der Waals surface area contributed by atoms with E-state index in [0.29, 0.717) is 6.61 Å². The van der Waals surface area contributed by atoms with Gasteiger partial charge in [0.25, 0.3) is 0 Å². The molecule has 0 amide bonds. The smallest absolute Gasteiger partial charge is 0.119 e. The number of ether oxygens (including phenoxy) is 1. The highest BCUT2D eigenvalue weighted by molar-refractivity contribution is 5.77. The van der Waals surface area contributed by atoms with E-state index in [1.165, 1.54) is 0 Å². The van der Waals surface area contributed by atoms with Crippen molar-refractivity contribution in [3.63, 3.8) is 0 Å². The maximum atomic E-state index is 9.48. The van der Waals surface area contributed by atoms with E-state index in [-0.39, 0.29) is 5.75 Å². The Balaban J connectivity index is 1.73. The van der Waals surface area contributed by atoms with Crippen LogP contribution in [0.25, 0.3) is 11.0 Å². The van der Waals surface area contributed by atoms with E-state index in [1.807, 2.05) is 48.0 Å². The number of fused-ring (bicyclic) bond motifs is 1. The summed E-state index contributed by atoms with van der Waals surface area (Å²) in [6.07, 6.45) is 0.723. The van der Waals surface area contributed by atoms with Crippen LogP contribution >= 0.6 is 0 Å². The highest BCUT2D eigenvalue weighted by Crippen LogP contribution is 2.20. The Labute approximate surface area is 117 Å². The summed E-state index contributed by atoms with van der Waals surface area (Å²) in [6.45, 7) is 0.577. The standard InChI is InChI=1S/C16H16N2O2/c1-18-15-8-7-12(19)11-14(15)17-16(18)9-10-20-13-5-3-2-4-6-13/h2-8,11,19H,9-10H2,1H3. The Bertz CT molecular complexity index is 720. The van der Waals surface area contributed by atoms with Gasteiger partial charge in [-0.2, -0.15) is 0 Å². The second kappa shape index (κ2) is 5.25. The Morgan fingerprint density at radius 3 is 2.75 bits per heavy atom. The molecule has 0 aliphatic rings. The number of rotatable bonds is 4. The molecular weight excluding hydrogens is 252 g/mol. The van der Waals surface area contributed by atoms with Crippen LogP contribution in [0, 0.1) is 0 Å². The number of imidazole rings is 1. The monoisotopic (exact) mass is 268 g/mol. The third-order valence-corrected chi connectivity index (χ3v) is 3.29. The molecule has 0 unspecified atom stereocenters. The van der Waals surface area contributed by atoms with Crippen molar-refractivity contribution in [1.29, 1.82) is 0 Å². The van der Waals surface area contributed by atoms with Gasteiger partial charge in [0.1, 0.15) is 17.3 Å². The lowest BCUT2D eigenvalue weighted by Gasteiger charge is -2.06. The summed E-state index contributed by atoms with van der Waals surface area (Å²) in [6, 6.07) is 15.0. The van der Waals surface area contributed by atoms with Crippen molar-refractivity contribution in [3.05, 3.63) is 54.4 Å². The van der Waals surface area contributed by atoms with Crippen LogP contribution in [0.5, 0.6) is 11.5 Å². The molecule has 2 aromatic carbocycles. The summed E-state index contributed by atoms with van der Waals surface area (Å²) >= 11 is 0. The van der Waals surface area contributed by atoms with Crippen molar-refractivity contribution >= 4 is 11.0 Å². The molecule has 0 aliphatic heterocycles. The Morgan fingerprint density at radius 2 is 1.95 bits per heavy atom. The zero-order valence-corrected chi connectivity index (χ0v) is 11.3. The highest BCUT2D eigenvalue weighted by atomic mass is 16.5. The lowest BCUT2D eigenvalue weighted by molar-refractivity contribution is 0.318. The van der Waals surface area contributed by atoms with Crippen molar-refractivity contribution in [2.75, 3.05) is 6.61 Å². The molecule has 0 aliphatic carbocycles. The Hall–Kier alpha value is -2.49. The molecule has 4 heteroatoms. The molecule has 0 fully saturated rings. The van der Waals surface area contributed by atoms with E-state index >= 15 is 0 Å². The third-order valence-electron chi connectivity index (χ3n) is 3.29. The second-order valence-corrected chi connectivity index (χ2v) is 4.67. The number of para-hydroxylation sites is 1. The van der Waals surface area contributed by atoms with Gasteiger partial charge in [-0.25, -0.2) is 4.98 Å². The van der Waals surface area contributed by atoms with Gasteiger partial charge in [-0.1, -0.05) is 18.2 Å². The molecule has 3 rings (SSSR count). The van der Waals surface area contributed by atoms with E-state index in [2.05, 4.69) is 4.98 Å². The maximum Gasteiger partial charge on any atom is 0.119 e. The molecule has 0 saturated carbocycles. The van der Waals surface area contributed by atoms with Crippen LogP contribution in [0.1, 0.15) is 5.82 Å². The van der Waals surface area contributed by atoms with Gasteiger partial charge >= 0.3 is 0 Å². The molecule has 0 bridgehead atoms. The molecule has 1 N–H and O–H groups in total. The Kier molecular flexibility index (Phi) is 3.29. The predicted molar refractivity (Wildman–Crippen MR) is 78.0 cm³/mol. The fourth-order valence-electron chi connectivity index (χ4n) is 2.24. The molecule has 3 aromatic rings. The largest absolute Gasteiger partial charge is 0.508 e. The molecule has 102 valence electrons. The minimum atomic E-state index is 0.239. The zero-order valence-electron chi connectivity index (χ0n) is 11.3. The van der Waals surface area contributed by atoms with Crippen molar-refractivity contribution < 1.29 is 9.84 Å². The van der Waals surface area contributed by atoms with E-state index in [1.54, 1.807) is 12.1 Å². The van der Waals surface area contributed by atoms with E-state index < -0.39 is 0 Å². The fraction of sp³-hybridized carbons (Fsp3) is 0.188. The average molecular weight is 268 g/mol. The summed E-state index contributed by atoms with van der Waals surface area (Å²) in [5.41, 5.74) is 1.82. The van der Waals surface area contributed by atoms with Gasteiger partial charge in [-0.05, 0) is 24.3 Å². The SMILES string of the molecule is Cn1c(CCOc2ccccc2)nc2cc(O)ccc21. The number of hydrogen-bond donors (Lipinski definition) is 1. The number of aromatic hydroxyl groups is 1. The van der Waals surface area contributed by atoms with Gasteiger partial charge in [0.15, 0.2) is 0 Å². The summed E-state index contributed by atoms with van der Waals surface area (Å²) in [5.74, 6) is 2.05. The van der Waals surface area contributed by atoms with Crippen LogP contribution in [0.3, 0.4) is 0 Å². The molecule has 1 heterocycles. The molecular formula is C16H16N2O2. The van der Waals surface area contributed by atoms with E-state index in [0.717, 1.165) is 29.0 Å². The van der Waals surface area contributed by atoms with Crippen LogP contribution in [0.4, 0.5) is 0 Å². The number of aromatic nitrogens is 2. The molecule has 4 nitrogen and oxygen atoms in total. The van der Waals surface area contributed by atoms with Crippen molar-refractivity contribution in [2.24, 2.45) is 7.05 Å². The second-order valence-electron chi connectivity index (χ2n) is 4.67. The number of phenols is 1. The van der Waals surface area contributed by atoms with Crippen LogP contribution in [-0.2, 0) is 13.5 Å². The van der Waals surface area contributed by atoms with Gasteiger partial charge in [0.05, 0.1) is 17.6 Å². The first-order valence-electron chi connectivity index (χ1n) is 6.56. The van der Waals surface area contributed by atoms with E-state index in [9.17, 15) is 5.11 Å². The molecule has 0 spiro atoms. The lowest BCUT2D eigenvalue weighted by Crippen LogP contribution is -2.06. The van der Waals surface area contributed by atoms with Gasteiger partial charge < -0.3 is 14.4 Å². The minimum absolute atomic E-state index is 0.239. The molecule has 20 heavy (non-hydrogen) atoms. The van der Waals surface area contributed by atoms with Gasteiger partial charge in [-0.15, -0.1) is 0 Å².